The van der Waals surface area contributed by atoms with E-state index in [1.807, 2.05) is 0 Å². The lowest BCUT2D eigenvalue weighted by molar-refractivity contribution is -0.136. The van der Waals surface area contributed by atoms with E-state index in [2.05, 4.69) is 0 Å². The van der Waals surface area contributed by atoms with Crippen molar-refractivity contribution in [3.05, 3.63) is 35.6 Å². The molecule has 0 spiro atoms. The number of hydrogen-bond donors (Lipinski definition) is 1. The SMILES string of the molecule is CO/C(=C\C=C\c1cc(OC)c(OC)c(OC)c1)C(=O)O. The predicted octanol–water partition coefficient (Wildman–Crippen LogP) is 2.34. The molecule has 0 atom stereocenters. The molecule has 0 unspecified atom stereocenters. The van der Waals surface area contributed by atoms with Crippen molar-refractivity contribution in [2.45, 2.75) is 0 Å². The van der Waals surface area contributed by atoms with Gasteiger partial charge >= 0.3 is 5.97 Å². The molecule has 0 amide bonds. The van der Waals surface area contributed by atoms with Crippen LogP contribution in [-0.2, 0) is 9.53 Å². The summed E-state index contributed by atoms with van der Waals surface area (Å²) in [5.74, 6) is 0.248. The average Bonchev–Trinajstić information content (AvgIpc) is 2.49. The number of hydrogen-bond acceptors (Lipinski definition) is 5. The second kappa shape index (κ2) is 7.84. The average molecular weight is 294 g/mol. The number of carboxylic acids is 1. The summed E-state index contributed by atoms with van der Waals surface area (Å²) in [4.78, 5) is 10.8. The third-order valence-electron chi connectivity index (χ3n) is 2.65. The van der Waals surface area contributed by atoms with Gasteiger partial charge < -0.3 is 24.1 Å². The molecule has 21 heavy (non-hydrogen) atoms. The molecule has 1 N–H and O–H groups in total. The first-order valence-corrected chi connectivity index (χ1v) is 6.03. The summed E-state index contributed by atoms with van der Waals surface area (Å²) < 4.78 is 20.4. The summed E-state index contributed by atoms with van der Waals surface area (Å²) in [7, 11) is 5.87. The van der Waals surface area contributed by atoms with Crippen molar-refractivity contribution in [2.75, 3.05) is 28.4 Å². The second-order valence-electron chi connectivity index (χ2n) is 3.86. The first kappa shape index (κ1) is 16.4. The Labute approximate surface area is 123 Å². The van der Waals surface area contributed by atoms with Gasteiger partial charge in [-0.3, -0.25) is 0 Å². The number of carbonyl (C=O) groups is 1. The minimum absolute atomic E-state index is 0.154. The Morgan fingerprint density at radius 3 is 2.00 bits per heavy atom. The minimum Gasteiger partial charge on any atom is -0.493 e. The monoisotopic (exact) mass is 294 g/mol. The van der Waals surface area contributed by atoms with Crippen LogP contribution < -0.4 is 14.2 Å². The van der Waals surface area contributed by atoms with Gasteiger partial charge in [-0.1, -0.05) is 12.2 Å². The van der Waals surface area contributed by atoms with Crippen LogP contribution >= 0.6 is 0 Å². The van der Waals surface area contributed by atoms with Crippen molar-refractivity contribution in [1.29, 1.82) is 0 Å². The van der Waals surface area contributed by atoms with Crippen LogP contribution in [0.4, 0.5) is 0 Å². The lowest BCUT2D eigenvalue weighted by atomic mass is 10.1. The zero-order valence-electron chi connectivity index (χ0n) is 12.4. The number of methoxy groups -OCH3 is 4. The van der Waals surface area contributed by atoms with Gasteiger partial charge in [-0.2, -0.15) is 0 Å². The van der Waals surface area contributed by atoms with E-state index in [0.717, 1.165) is 5.56 Å². The molecule has 0 aliphatic heterocycles. The number of aliphatic carboxylic acids is 1. The molecule has 0 aliphatic rings. The zero-order chi connectivity index (χ0) is 15.8. The molecule has 6 nitrogen and oxygen atoms in total. The van der Waals surface area contributed by atoms with Crippen molar-refractivity contribution >= 4 is 12.0 Å². The summed E-state index contributed by atoms with van der Waals surface area (Å²) in [5, 5.41) is 8.82. The van der Waals surface area contributed by atoms with Gasteiger partial charge in [0.05, 0.1) is 28.4 Å². The minimum atomic E-state index is -1.13. The van der Waals surface area contributed by atoms with Gasteiger partial charge in [0, 0.05) is 0 Å². The summed E-state index contributed by atoms with van der Waals surface area (Å²) >= 11 is 0. The topological polar surface area (TPSA) is 74.2 Å². The lowest BCUT2D eigenvalue weighted by Gasteiger charge is -2.12. The van der Waals surface area contributed by atoms with E-state index in [1.165, 1.54) is 34.5 Å². The van der Waals surface area contributed by atoms with Crippen LogP contribution in [0.15, 0.2) is 30.0 Å². The molecule has 0 aromatic heterocycles. The molecule has 1 aromatic rings. The van der Waals surface area contributed by atoms with Crippen molar-refractivity contribution in [1.82, 2.24) is 0 Å². The maximum absolute atomic E-state index is 10.8. The van der Waals surface area contributed by atoms with E-state index in [9.17, 15) is 4.79 Å². The van der Waals surface area contributed by atoms with Crippen LogP contribution in [0, 0.1) is 0 Å². The Balaban J connectivity index is 3.12. The standard InChI is InChI=1S/C15H18O6/c1-18-11(15(16)17)7-5-6-10-8-12(19-2)14(21-4)13(9-10)20-3/h5-9H,1-4H3,(H,16,17)/b6-5+,11-7-. The maximum Gasteiger partial charge on any atom is 0.371 e. The molecule has 0 heterocycles. The number of allylic oxidation sites excluding steroid dienone is 2. The normalized spacial score (nSPS) is 11.3. The smallest absolute Gasteiger partial charge is 0.371 e. The Hall–Kier alpha value is -2.63. The van der Waals surface area contributed by atoms with Crippen LogP contribution in [0.1, 0.15) is 5.56 Å². The molecular formula is C15H18O6. The molecule has 0 saturated heterocycles. The number of carboxylic acid groups (broad SMARTS) is 1. The van der Waals surface area contributed by atoms with Gasteiger partial charge in [-0.25, -0.2) is 4.79 Å². The van der Waals surface area contributed by atoms with Crippen LogP contribution in [-0.4, -0.2) is 39.5 Å². The highest BCUT2D eigenvalue weighted by Crippen LogP contribution is 2.38. The second-order valence-corrected chi connectivity index (χ2v) is 3.86. The van der Waals surface area contributed by atoms with E-state index >= 15 is 0 Å². The van der Waals surface area contributed by atoms with Gasteiger partial charge in [0.2, 0.25) is 11.5 Å². The first-order chi connectivity index (χ1) is 10.1. The Morgan fingerprint density at radius 2 is 1.62 bits per heavy atom. The van der Waals surface area contributed by atoms with E-state index in [4.69, 9.17) is 24.1 Å². The van der Waals surface area contributed by atoms with Crippen LogP contribution in [0.25, 0.3) is 6.08 Å². The van der Waals surface area contributed by atoms with Gasteiger partial charge in [0.1, 0.15) is 0 Å². The third-order valence-corrected chi connectivity index (χ3v) is 2.65. The van der Waals surface area contributed by atoms with E-state index in [0.29, 0.717) is 17.2 Å². The first-order valence-electron chi connectivity index (χ1n) is 6.03. The van der Waals surface area contributed by atoms with Gasteiger partial charge in [-0.05, 0) is 23.8 Å². The molecule has 6 heteroatoms. The van der Waals surface area contributed by atoms with Crippen molar-refractivity contribution < 1.29 is 28.8 Å². The molecule has 0 bridgehead atoms. The number of ether oxygens (including phenoxy) is 4. The van der Waals surface area contributed by atoms with Crippen molar-refractivity contribution in [2.24, 2.45) is 0 Å². The highest BCUT2D eigenvalue weighted by atomic mass is 16.5. The largest absolute Gasteiger partial charge is 0.493 e. The molecule has 1 rings (SSSR count). The maximum atomic E-state index is 10.8. The molecule has 0 saturated carbocycles. The highest BCUT2D eigenvalue weighted by Gasteiger charge is 2.12. The van der Waals surface area contributed by atoms with E-state index in [1.54, 1.807) is 24.3 Å². The summed E-state index contributed by atoms with van der Waals surface area (Å²) in [6, 6.07) is 3.50. The van der Waals surface area contributed by atoms with Gasteiger partial charge in [-0.15, -0.1) is 0 Å². The third kappa shape index (κ3) is 4.17. The molecular weight excluding hydrogens is 276 g/mol. The molecule has 1 aromatic carbocycles. The molecule has 0 fully saturated rings. The fraction of sp³-hybridized carbons (Fsp3) is 0.267. The highest BCUT2D eigenvalue weighted by molar-refractivity contribution is 5.84. The molecule has 0 aliphatic carbocycles. The molecule has 114 valence electrons. The zero-order valence-corrected chi connectivity index (χ0v) is 12.4. The van der Waals surface area contributed by atoms with Crippen LogP contribution in [0.2, 0.25) is 0 Å². The summed E-state index contributed by atoms with van der Waals surface area (Å²) in [6.07, 6.45) is 4.62. The Kier molecular flexibility index (Phi) is 6.13. The van der Waals surface area contributed by atoms with Gasteiger partial charge in [0.15, 0.2) is 11.5 Å². The predicted molar refractivity (Wildman–Crippen MR) is 77.9 cm³/mol. The fourth-order valence-corrected chi connectivity index (χ4v) is 1.67. The van der Waals surface area contributed by atoms with Crippen LogP contribution in [0.5, 0.6) is 17.2 Å². The lowest BCUT2D eigenvalue weighted by Crippen LogP contribution is -2.01. The quantitative estimate of drug-likeness (QED) is 0.472. The number of benzene rings is 1. The van der Waals surface area contributed by atoms with E-state index < -0.39 is 5.97 Å². The molecule has 0 radical (unpaired) electrons. The van der Waals surface area contributed by atoms with Crippen molar-refractivity contribution in [3.63, 3.8) is 0 Å². The van der Waals surface area contributed by atoms with Crippen molar-refractivity contribution in [3.8, 4) is 17.2 Å². The summed E-state index contributed by atoms with van der Waals surface area (Å²) in [5.41, 5.74) is 0.765. The van der Waals surface area contributed by atoms with Gasteiger partial charge in [0.25, 0.3) is 0 Å². The van der Waals surface area contributed by atoms with E-state index in [-0.39, 0.29) is 5.76 Å². The van der Waals surface area contributed by atoms with Crippen LogP contribution in [0.3, 0.4) is 0 Å². The summed E-state index contributed by atoms with van der Waals surface area (Å²) in [6.45, 7) is 0. The number of rotatable bonds is 7. The fourth-order valence-electron chi connectivity index (χ4n) is 1.67. The Morgan fingerprint density at radius 1 is 1.05 bits per heavy atom. The Bertz CT molecular complexity index is 534.